The van der Waals surface area contributed by atoms with Crippen molar-refractivity contribution in [3.8, 4) is 11.6 Å². The van der Waals surface area contributed by atoms with Crippen LogP contribution in [0.25, 0.3) is 16.7 Å². The van der Waals surface area contributed by atoms with Crippen molar-refractivity contribution in [3.63, 3.8) is 0 Å². The van der Waals surface area contributed by atoms with Gasteiger partial charge < -0.3 is 14.4 Å². The number of pyridine rings is 1. The van der Waals surface area contributed by atoms with E-state index in [1.54, 1.807) is 18.2 Å². The van der Waals surface area contributed by atoms with Gasteiger partial charge in [0.15, 0.2) is 11.9 Å². The van der Waals surface area contributed by atoms with Crippen molar-refractivity contribution in [3.05, 3.63) is 53.3 Å². The number of benzene rings is 1. The van der Waals surface area contributed by atoms with Crippen LogP contribution in [0.3, 0.4) is 0 Å². The molecule has 0 saturated heterocycles. The summed E-state index contributed by atoms with van der Waals surface area (Å²) in [6.07, 6.45) is -3.18. The lowest BCUT2D eigenvalue weighted by molar-refractivity contribution is -0.144. The van der Waals surface area contributed by atoms with Crippen LogP contribution in [0.2, 0.25) is 5.02 Å². The summed E-state index contributed by atoms with van der Waals surface area (Å²) in [5.41, 5.74) is -0.676. The van der Waals surface area contributed by atoms with Crippen LogP contribution in [0.15, 0.2) is 42.7 Å². The summed E-state index contributed by atoms with van der Waals surface area (Å²) in [5, 5.41) is 9.10. The van der Waals surface area contributed by atoms with Crippen molar-refractivity contribution in [2.45, 2.75) is 19.2 Å². The van der Waals surface area contributed by atoms with E-state index in [1.807, 2.05) is 0 Å². The maximum Gasteiger partial charge on any atom is 0.421 e. The van der Waals surface area contributed by atoms with Crippen molar-refractivity contribution in [2.75, 3.05) is 0 Å². The smallest absolute Gasteiger partial charge is 0.421 e. The lowest BCUT2D eigenvalue weighted by Crippen LogP contribution is -2.22. The fourth-order valence-electron chi connectivity index (χ4n) is 2.49. The van der Waals surface area contributed by atoms with Gasteiger partial charge in [-0.3, -0.25) is 0 Å². The zero-order valence-electron chi connectivity index (χ0n) is 13.3. The number of hydrogen-bond acceptors (Lipinski definition) is 3. The average Bonchev–Trinajstić information content (AvgIpc) is 2.96. The van der Waals surface area contributed by atoms with Crippen molar-refractivity contribution >= 4 is 28.5 Å². The number of fused-ring (bicyclic) bond motifs is 1. The molecule has 0 bridgehead atoms. The van der Waals surface area contributed by atoms with Crippen LogP contribution in [-0.4, -0.2) is 26.7 Å². The molecule has 0 aliphatic carbocycles. The average molecular weight is 385 g/mol. The first-order valence-corrected chi connectivity index (χ1v) is 7.79. The number of carboxylic acids is 1. The maximum absolute atomic E-state index is 13.4. The van der Waals surface area contributed by atoms with Crippen molar-refractivity contribution in [1.29, 1.82) is 0 Å². The number of halogens is 4. The summed E-state index contributed by atoms with van der Waals surface area (Å²) in [4.78, 5) is 14.8. The highest BCUT2D eigenvalue weighted by atomic mass is 35.5. The molecule has 5 nitrogen and oxygen atoms in total. The topological polar surface area (TPSA) is 64.4 Å². The summed E-state index contributed by atoms with van der Waals surface area (Å²) in [6, 6.07) is 7.30. The molecule has 2 aromatic heterocycles. The fourth-order valence-corrected chi connectivity index (χ4v) is 2.74. The second kappa shape index (κ2) is 6.53. The number of alkyl halides is 3. The minimum Gasteiger partial charge on any atom is -0.479 e. The number of nitrogens with zero attached hydrogens (tertiary/aromatic N) is 2. The van der Waals surface area contributed by atoms with Gasteiger partial charge in [0, 0.05) is 23.8 Å². The Labute approximate surface area is 150 Å². The number of ether oxygens (including phenoxy) is 1. The van der Waals surface area contributed by atoms with Gasteiger partial charge in [0.25, 0.3) is 0 Å². The van der Waals surface area contributed by atoms with Crippen LogP contribution in [0.1, 0.15) is 12.5 Å². The predicted octanol–water partition coefficient (Wildman–Crippen LogP) is 4.55. The van der Waals surface area contributed by atoms with Crippen molar-refractivity contribution in [1.82, 2.24) is 9.55 Å². The number of rotatable bonds is 4. The van der Waals surface area contributed by atoms with Crippen LogP contribution in [0.4, 0.5) is 13.2 Å². The molecule has 0 fully saturated rings. The second-order valence-electron chi connectivity index (χ2n) is 5.49. The summed E-state index contributed by atoms with van der Waals surface area (Å²) in [7, 11) is 0. The van der Waals surface area contributed by atoms with E-state index in [4.69, 9.17) is 21.4 Å². The molecule has 0 radical (unpaired) electrons. The van der Waals surface area contributed by atoms with Gasteiger partial charge in [-0.05, 0) is 31.2 Å². The molecule has 0 saturated carbocycles. The van der Waals surface area contributed by atoms with Crippen molar-refractivity contribution < 1.29 is 27.8 Å². The van der Waals surface area contributed by atoms with E-state index in [0.29, 0.717) is 10.9 Å². The van der Waals surface area contributed by atoms with E-state index in [2.05, 4.69) is 4.98 Å². The first-order valence-electron chi connectivity index (χ1n) is 7.41. The van der Waals surface area contributed by atoms with Gasteiger partial charge in [-0.15, -0.1) is 0 Å². The van der Waals surface area contributed by atoms with E-state index in [1.165, 1.54) is 30.0 Å². The predicted molar refractivity (Wildman–Crippen MR) is 88.8 cm³/mol. The molecule has 1 unspecified atom stereocenters. The number of carboxylic acid groups (broad SMARTS) is 1. The molecule has 0 aliphatic heterocycles. The van der Waals surface area contributed by atoms with Crippen LogP contribution in [0.5, 0.6) is 5.75 Å². The number of carbonyl (C=O) groups is 1. The van der Waals surface area contributed by atoms with Gasteiger partial charge in [0.2, 0.25) is 0 Å². The SMILES string of the molecule is CC(Oc1ccc2ccn(-c3nccc(Cl)c3C(F)(F)F)c2c1)C(=O)O. The molecule has 26 heavy (non-hydrogen) atoms. The van der Waals surface area contributed by atoms with E-state index >= 15 is 0 Å². The Hall–Kier alpha value is -2.74. The zero-order valence-corrected chi connectivity index (χ0v) is 14.0. The molecule has 3 aromatic rings. The lowest BCUT2D eigenvalue weighted by Gasteiger charge is -2.15. The van der Waals surface area contributed by atoms with Gasteiger partial charge in [-0.2, -0.15) is 13.2 Å². The molecule has 1 N–H and O–H groups in total. The Kier molecular flexibility index (Phi) is 4.53. The van der Waals surface area contributed by atoms with Gasteiger partial charge in [0.05, 0.1) is 10.5 Å². The molecule has 0 aliphatic rings. The monoisotopic (exact) mass is 384 g/mol. The second-order valence-corrected chi connectivity index (χ2v) is 5.90. The summed E-state index contributed by atoms with van der Waals surface area (Å²) in [6.45, 7) is 1.35. The van der Waals surface area contributed by atoms with Gasteiger partial charge in [0.1, 0.15) is 11.3 Å². The largest absolute Gasteiger partial charge is 0.479 e. The Balaban J connectivity index is 2.15. The molecule has 2 heterocycles. The fraction of sp³-hybridized carbons (Fsp3) is 0.176. The van der Waals surface area contributed by atoms with E-state index < -0.39 is 28.8 Å². The standard InChI is InChI=1S/C17H12ClF3N2O3/c1-9(16(24)25)26-11-3-2-10-5-7-23(13(10)8-11)15-14(17(19,20)21)12(18)4-6-22-15/h2-9H,1H3,(H,24,25). The molecule has 9 heteroatoms. The van der Waals surface area contributed by atoms with E-state index in [-0.39, 0.29) is 11.6 Å². The number of aliphatic carboxylic acids is 1. The zero-order chi connectivity index (χ0) is 19.1. The minimum atomic E-state index is -4.69. The molecule has 1 aromatic carbocycles. The van der Waals surface area contributed by atoms with Gasteiger partial charge in [-0.25, -0.2) is 9.78 Å². The Morgan fingerprint density at radius 1 is 1.31 bits per heavy atom. The molecular weight excluding hydrogens is 373 g/mol. The Morgan fingerprint density at radius 2 is 2.04 bits per heavy atom. The first-order chi connectivity index (χ1) is 12.2. The van der Waals surface area contributed by atoms with E-state index in [0.717, 1.165) is 6.07 Å². The van der Waals surface area contributed by atoms with Crippen LogP contribution in [-0.2, 0) is 11.0 Å². The maximum atomic E-state index is 13.4. The molecular formula is C17H12ClF3N2O3. The number of aromatic nitrogens is 2. The van der Waals surface area contributed by atoms with Gasteiger partial charge >= 0.3 is 12.1 Å². The van der Waals surface area contributed by atoms with Gasteiger partial charge in [-0.1, -0.05) is 11.6 Å². The third kappa shape index (κ3) is 3.32. The highest BCUT2D eigenvalue weighted by Crippen LogP contribution is 2.39. The van der Waals surface area contributed by atoms with Crippen LogP contribution < -0.4 is 4.74 Å². The molecule has 0 spiro atoms. The normalized spacial score (nSPS) is 13.0. The summed E-state index contributed by atoms with van der Waals surface area (Å²) < 4.78 is 46.8. The van der Waals surface area contributed by atoms with Crippen LogP contribution >= 0.6 is 11.6 Å². The summed E-state index contributed by atoms with van der Waals surface area (Å²) >= 11 is 5.75. The quantitative estimate of drug-likeness (QED) is 0.716. The lowest BCUT2D eigenvalue weighted by atomic mass is 10.2. The van der Waals surface area contributed by atoms with E-state index in [9.17, 15) is 18.0 Å². The Morgan fingerprint density at radius 3 is 2.69 bits per heavy atom. The highest BCUT2D eigenvalue weighted by Gasteiger charge is 2.37. The molecule has 0 amide bonds. The third-order valence-corrected chi connectivity index (χ3v) is 4.03. The third-order valence-electron chi connectivity index (χ3n) is 3.72. The Bertz CT molecular complexity index is 985. The molecule has 136 valence electrons. The van der Waals surface area contributed by atoms with Crippen LogP contribution in [0, 0.1) is 0 Å². The highest BCUT2D eigenvalue weighted by molar-refractivity contribution is 6.31. The molecule has 3 rings (SSSR count). The number of hydrogen-bond donors (Lipinski definition) is 1. The van der Waals surface area contributed by atoms with Crippen molar-refractivity contribution in [2.24, 2.45) is 0 Å². The first kappa shape index (κ1) is 18.1. The summed E-state index contributed by atoms with van der Waals surface area (Å²) in [5.74, 6) is -1.32. The molecule has 1 atom stereocenters. The minimum absolute atomic E-state index is 0.211.